The second kappa shape index (κ2) is 9.92. The molecule has 0 aromatic carbocycles. The monoisotopic (exact) mass is 272 g/mol. The Morgan fingerprint density at radius 3 is 1.41 bits per heavy atom. The predicted molar refractivity (Wildman–Crippen MR) is 58.3 cm³/mol. The van der Waals surface area contributed by atoms with E-state index in [0.717, 1.165) is 0 Å². The lowest BCUT2D eigenvalue weighted by Crippen LogP contribution is -2.40. The van der Waals surface area contributed by atoms with E-state index in [-0.39, 0.29) is 26.2 Å². The topological polar surface area (TPSA) is 185 Å². The summed E-state index contributed by atoms with van der Waals surface area (Å²) in [5.41, 5.74) is 10.2. The first-order chi connectivity index (χ1) is 7.76. The lowest BCUT2D eigenvalue weighted by Gasteiger charge is -2.04. The van der Waals surface area contributed by atoms with Crippen molar-refractivity contribution in [3.63, 3.8) is 0 Å². The third-order valence-corrected chi connectivity index (χ3v) is 2.22. The van der Waals surface area contributed by atoms with Crippen molar-refractivity contribution >= 4 is 22.1 Å². The Bertz CT molecular complexity index is 303. The van der Waals surface area contributed by atoms with E-state index in [1.807, 2.05) is 0 Å². The van der Waals surface area contributed by atoms with E-state index in [0.29, 0.717) is 0 Å². The van der Waals surface area contributed by atoms with Gasteiger partial charge in [0, 0.05) is 26.2 Å². The lowest BCUT2D eigenvalue weighted by atomic mass is 10.7. The van der Waals surface area contributed by atoms with E-state index in [1.165, 1.54) is 0 Å². The van der Waals surface area contributed by atoms with Crippen molar-refractivity contribution in [1.29, 1.82) is 0 Å². The summed E-state index contributed by atoms with van der Waals surface area (Å²) in [6.45, 7) is 1.03. The summed E-state index contributed by atoms with van der Waals surface area (Å²) in [5, 5.41) is 14.8. The first-order valence-corrected chi connectivity index (χ1v) is 5.85. The molecule has 0 unspecified atom stereocenters. The minimum absolute atomic E-state index is 0.236. The highest BCUT2D eigenvalue weighted by molar-refractivity contribution is 7.87. The smallest absolute Gasteiger partial charge is 0.414 e. The summed E-state index contributed by atoms with van der Waals surface area (Å²) in [7, 11) is -3.37. The SMILES string of the molecule is NCCNS(=O)(=O)NCCN.O=C(O)C(=O)O. The molecule has 0 aromatic heterocycles. The molecule has 0 bridgehead atoms. The fourth-order valence-corrected chi connectivity index (χ4v) is 1.31. The number of rotatable bonds is 6. The van der Waals surface area contributed by atoms with Crippen LogP contribution in [0.25, 0.3) is 0 Å². The summed E-state index contributed by atoms with van der Waals surface area (Å²) in [6.07, 6.45) is 0. The van der Waals surface area contributed by atoms with Crippen LogP contribution >= 0.6 is 0 Å². The first kappa shape index (κ1) is 18.1. The molecule has 0 aliphatic carbocycles. The fourth-order valence-electron chi connectivity index (χ4n) is 0.438. The summed E-state index contributed by atoms with van der Waals surface area (Å²) in [5.74, 6) is -3.65. The second-order valence-electron chi connectivity index (χ2n) is 2.48. The molecule has 0 saturated carbocycles. The van der Waals surface area contributed by atoms with Gasteiger partial charge < -0.3 is 21.7 Å². The van der Waals surface area contributed by atoms with Gasteiger partial charge in [0.05, 0.1) is 0 Å². The van der Waals surface area contributed by atoms with Gasteiger partial charge in [0.1, 0.15) is 0 Å². The summed E-state index contributed by atoms with van der Waals surface area (Å²) < 4.78 is 26.1. The zero-order valence-electron chi connectivity index (χ0n) is 8.92. The van der Waals surface area contributed by atoms with Crippen LogP contribution in [0.15, 0.2) is 0 Å². The average molecular weight is 272 g/mol. The second-order valence-corrected chi connectivity index (χ2v) is 4.06. The molecule has 11 heteroatoms. The molecule has 0 spiro atoms. The molecule has 0 radical (unpaired) electrons. The van der Waals surface area contributed by atoms with Gasteiger partial charge in [-0.1, -0.05) is 0 Å². The number of carbonyl (C=O) groups is 2. The average Bonchev–Trinajstić information content (AvgIpc) is 2.24. The van der Waals surface area contributed by atoms with Gasteiger partial charge in [-0.2, -0.15) is 8.42 Å². The van der Waals surface area contributed by atoms with Crippen LogP contribution in [0, 0.1) is 0 Å². The molecular weight excluding hydrogens is 256 g/mol. The minimum Gasteiger partial charge on any atom is -0.473 e. The molecular formula is C6H16N4O6S. The number of carboxylic acids is 2. The molecule has 0 rings (SSSR count). The van der Waals surface area contributed by atoms with Gasteiger partial charge in [-0.25, -0.2) is 19.0 Å². The minimum atomic E-state index is -3.37. The van der Waals surface area contributed by atoms with Crippen molar-refractivity contribution in [2.45, 2.75) is 0 Å². The molecule has 8 N–H and O–H groups in total. The number of carboxylic acid groups (broad SMARTS) is 2. The standard InChI is InChI=1S/C4H14N4O2S.C2H2O4/c5-1-3-7-11(9,10)8-4-2-6;3-1(4)2(5)6/h7-8H,1-6H2;(H,3,4)(H,5,6). The van der Waals surface area contributed by atoms with Crippen molar-refractivity contribution in [2.75, 3.05) is 26.2 Å². The number of nitrogens with one attached hydrogen (secondary N) is 2. The highest BCUT2D eigenvalue weighted by Gasteiger charge is 2.05. The van der Waals surface area contributed by atoms with E-state index in [4.69, 9.17) is 31.3 Å². The molecule has 102 valence electrons. The van der Waals surface area contributed by atoms with Crippen LogP contribution in [0.5, 0.6) is 0 Å². The highest BCUT2D eigenvalue weighted by Crippen LogP contribution is 1.72. The molecule has 0 heterocycles. The van der Waals surface area contributed by atoms with Crippen LogP contribution < -0.4 is 20.9 Å². The van der Waals surface area contributed by atoms with E-state index >= 15 is 0 Å². The van der Waals surface area contributed by atoms with Gasteiger partial charge in [-0.15, -0.1) is 0 Å². The van der Waals surface area contributed by atoms with Crippen molar-refractivity contribution < 1.29 is 28.2 Å². The van der Waals surface area contributed by atoms with Crippen molar-refractivity contribution in [3.05, 3.63) is 0 Å². The van der Waals surface area contributed by atoms with E-state index < -0.39 is 22.1 Å². The first-order valence-electron chi connectivity index (χ1n) is 4.37. The maximum absolute atomic E-state index is 10.8. The van der Waals surface area contributed by atoms with Crippen LogP contribution in [-0.4, -0.2) is 56.7 Å². The molecule has 0 fully saturated rings. The fraction of sp³-hybridized carbons (Fsp3) is 0.667. The van der Waals surface area contributed by atoms with Crippen LogP contribution in [0.3, 0.4) is 0 Å². The molecule has 0 aliphatic heterocycles. The van der Waals surface area contributed by atoms with Crippen molar-refractivity contribution in [3.8, 4) is 0 Å². The number of aliphatic carboxylic acids is 2. The zero-order chi connectivity index (χ0) is 13.9. The lowest BCUT2D eigenvalue weighted by molar-refractivity contribution is -0.159. The largest absolute Gasteiger partial charge is 0.473 e. The number of nitrogens with two attached hydrogens (primary N) is 2. The van der Waals surface area contributed by atoms with Crippen molar-refractivity contribution in [2.24, 2.45) is 11.5 Å². The van der Waals surface area contributed by atoms with Gasteiger partial charge in [-0.05, 0) is 0 Å². The molecule has 0 atom stereocenters. The van der Waals surface area contributed by atoms with E-state index in [2.05, 4.69) is 9.44 Å². The van der Waals surface area contributed by atoms with E-state index in [9.17, 15) is 8.42 Å². The quantitative estimate of drug-likeness (QED) is 0.268. The number of hydrogen-bond donors (Lipinski definition) is 6. The molecule has 0 aromatic rings. The Morgan fingerprint density at radius 1 is 0.941 bits per heavy atom. The van der Waals surface area contributed by atoms with Gasteiger partial charge in [0.15, 0.2) is 0 Å². The van der Waals surface area contributed by atoms with Gasteiger partial charge in [0.2, 0.25) is 0 Å². The third-order valence-electron chi connectivity index (χ3n) is 1.06. The van der Waals surface area contributed by atoms with Crippen LogP contribution in [0.4, 0.5) is 0 Å². The normalized spacial score (nSPS) is 10.2. The van der Waals surface area contributed by atoms with E-state index in [1.54, 1.807) is 0 Å². The zero-order valence-corrected chi connectivity index (χ0v) is 9.74. The van der Waals surface area contributed by atoms with Crippen molar-refractivity contribution in [1.82, 2.24) is 9.44 Å². The third kappa shape index (κ3) is 14.7. The number of hydrogen-bond acceptors (Lipinski definition) is 6. The maximum atomic E-state index is 10.8. The Balaban J connectivity index is 0. The summed E-state index contributed by atoms with van der Waals surface area (Å²) in [4.78, 5) is 18.2. The van der Waals surface area contributed by atoms with Crippen LogP contribution in [-0.2, 0) is 19.8 Å². The van der Waals surface area contributed by atoms with Gasteiger partial charge in [-0.3, -0.25) is 0 Å². The molecule has 10 nitrogen and oxygen atoms in total. The highest BCUT2D eigenvalue weighted by atomic mass is 32.2. The summed E-state index contributed by atoms with van der Waals surface area (Å²) >= 11 is 0. The Kier molecular flexibility index (Phi) is 10.6. The molecule has 0 saturated heterocycles. The van der Waals surface area contributed by atoms with Gasteiger partial charge in [0.25, 0.3) is 10.2 Å². The molecule has 0 aliphatic rings. The van der Waals surface area contributed by atoms with Crippen LogP contribution in [0.2, 0.25) is 0 Å². The summed E-state index contributed by atoms with van der Waals surface area (Å²) in [6, 6.07) is 0. The Morgan fingerprint density at radius 2 is 1.24 bits per heavy atom. The van der Waals surface area contributed by atoms with Gasteiger partial charge >= 0.3 is 11.9 Å². The van der Waals surface area contributed by atoms with Crippen LogP contribution in [0.1, 0.15) is 0 Å². The molecule has 0 amide bonds. The Hall–Kier alpha value is -1.27. The maximum Gasteiger partial charge on any atom is 0.414 e. The predicted octanol–water partition coefficient (Wildman–Crippen LogP) is -3.52. The Labute approximate surface area is 98.2 Å². The molecule has 17 heavy (non-hydrogen) atoms.